The fourth-order valence-electron chi connectivity index (χ4n) is 5.00. The van der Waals surface area contributed by atoms with E-state index in [1.807, 2.05) is 56.3 Å². The standard InChI is InChI=1S/C33H40ClN3O6S/c1-24(2)22-35-33(39)29(20-25-9-5-4-6-10-25)36(23-26-11-7-12-27(34)19-26)32(38)13-8-16-37(44(3,40)41)28-14-15-30-31(21-28)43-18-17-42-30/h4-7,9-12,14-15,19,21,24,29H,8,13,16-18,20,22-23H2,1-3H3,(H,35,39)/t29-/m1/s1. The number of nitrogens with zero attached hydrogens (tertiary/aromatic N) is 2. The van der Waals surface area contributed by atoms with E-state index in [1.165, 1.54) is 4.31 Å². The summed E-state index contributed by atoms with van der Waals surface area (Å²) in [6.45, 7) is 5.54. The number of rotatable bonds is 14. The minimum Gasteiger partial charge on any atom is -0.486 e. The first-order valence-electron chi connectivity index (χ1n) is 14.7. The lowest BCUT2D eigenvalue weighted by atomic mass is 10.0. The molecular formula is C33H40ClN3O6S. The van der Waals surface area contributed by atoms with Crippen LogP contribution in [0.5, 0.6) is 11.5 Å². The third-order valence-corrected chi connectivity index (χ3v) is 8.59. The van der Waals surface area contributed by atoms with Crippen molar-refractivity contribution in [3.8, 4) is 11.5 Å². The molecule has 1 heterocycles. The molecule has 1 aliphatic heterocycles. The van der Waals surface area contributed by atoms with E-state index < -0.39 is 16.1 Å². The molecule has 0 saturated carbocycles. The summed E-state index contributed by atoms with van der Waals surface area (Å²) in [5, 5.41) is 3.54. The molecule has 44 heavy (non-hydrogen) atoms. The predicted molar refractivity (Wildman–Crippen MR) is 173 cm³/mol. The first-order valence-corrected chi connectivity index (χ1v) is 17.0. The van der Waals surface area contributed by atoms with E-state index in [0.717, 1.165) is 17.4 Å². The number of nitrogens with one attached hydrogen (secondary N) is 1. The van der Waals surface area contributed by atoms with Crippen LogP contribution in [0, 0.1) is 5.92 Å². The van der Waals surface area contributed by atoms with Crippen molar-refractivity contribution in [1.82, 2.24) is 10.2 Å². The zero-order chi connectivity index (χ0) is 31.7. The maximum Gasteiger partial charge on any atom is 0.243 e. The Bertz CT molecular complexity index is 1530. The Labute approximate surface area is 265 Å². The normalized spacial score (nSPS) is 13.3. The van der Waals surface area contributed by atoms with Crippen molar-refractivity contribution in [2.24, 2.45) is 5.92 Å². The van der Waals surface area contributed by atoms with Gasteiger partial charge < -0.3 is 19.7 Å². The molecule has 0 saturated heterocycles. The minimum absolute atomic E-state index is 0.0277. The highest BCUT2D eigenvalue weighted by atomic mass is 35.5. The van der Waals surface area contributed by atoms with Gasteiger partial charge in [0.05, 0.1) is 11.9 Å². The fourth-order valence-corrected chi connectivity index (χ4v) is 6.17. The molecule has 2 amide bonds. The number of carbonyl (C=O) groups is 2. The molecular weight excluding hydrogens is 602 g/mol. The van der Waals surface area contributed by atoms with Gasteiger partial charge in [-0.25, -0.2) is 8.42 Å². The molecule has 236 valence electrons. The summed E-state index contributed by atoms with van der Waals surface area (Å²) in [7, 11) is -3.67. The van der Waals surface area contributed by atoms with E-state index >= 15 is 0 Å². The van der Waals surface area contributed by atoms with Gasteiger partial charge in [0.15, 0.2) is 11.5 Å². The van der Waals surface area contributed by atoms with Gasteiger partial charge in [-0.3, -0.25) is 13.9 Å². The summed E-state index contributed by atoms with van der Waals surface area (Å²) >= 11 is 6.27. The number of ether oxygens (including phenoxy) is 2. The molecule has 1 N–H and O–H groups in total. The molecule has 4 rings (SSSR count). The second kappa shape index (κ2) is 15.3. The largest absolute Gasteiger partial charge is 0.486 e. The van der Waals surface area contributed by atoms with E-state index in [2.05, 4.69) is 5.32 Å². The molecule has 0 radical (unpaired) electrons. The molecule has 0 aromatic heterocycles. The number of sulfonamides is 1. The number of hydrogen-bond donors (Lipinski definition) is 1. The number of amides is 2. The molecule has 11 heteroatoms. The van der Waals surface area contributed by atoms with E-state index in [-0.39, 0.29) is 43.7 Å². The van der Waals surface area contributed by atoms with Crippen molar-refractivity contribution in [1.29, 1.82) is 0 Å². The van der Waals surface area contributed by atoms with Gasteiger partial charge >= 0.3 is 0 Å². The number of hydrogen-bond acceptors (Lipinski definition) is 6. The van der Waals surface area contributed by atoms with Crippen LogP contribution in [0.2, 0.25) is 5.02 Å². The van der Waals surface area contributed by atoms with Gasteiger partial charge in [-0.05, 0) is 47.7 Å². The van der Waals surface area contributed by atoms with Crippen LogP contribution < -0.4 is 19.1 Å². The maximum absolute atomic E-state index is 14.0. The number of benzene rings is 3. The van der Waals surface area contributed by atoms with Gasteiger partial charge in [0.1, 0.15) is 19.3 Å². The lowest BCUT2D eigenvalue weighted by Gasteiger charge is -2.32. The van der Waals surface area contributed by atoms with Crippen molar-refractivity contribution in [3.05, 3.63) is 88.9 Å². The zero-order valence-corrected chi connectivity index (χ0v) is 26.9. The van der Waals surface area contributed by atoms with Gasteiger partial charge in [-0.1, -0.05) is 67.9 Å². The van der Waals surface area contributed by atoms with Crippen molar-refractivity contribution < 1.29 is 27.5 Å². The van der Waals surface area contributed by atoms with Crippen molar-refractivity contribution in [2.75, 3.05) is 36.9 Å². The first kappa shape index (κ1) is 33.1. The van der Waals surface area contributed by atoms with Crippen LogP contribution in [0.1, 0.15) is 37.8 Å². The second-order valence-corrected chi connectivity index (χ2v) is 13.6. The van der Waals surface area contributed by atoms with E-state index in [4.69, 9.17) is 21.1 Å². The van der Waals surface area contributed by atoms with Crippen molar-refractivity contribution in [3.63, 3.8) is 0 Å². The molecule has 0 unspecified atom stereocenters. The number of halogens is 1. The topological polar surface area (TPSA) is 105 Å². The summed E-state index contributed by atoms with van der Waals surface area (Å²) < 4.78 is 38.1. The van der Waals surface area contributed by atoms with Crippen LogP contribution in [0.4, 0.5) is 5.69 Å². The van der Waals surface area contributed by atoms with Gasteiger partial charge in [-0.15, -0.1) is 0 Å². The van der Waals surface area contributed by atoms with Crippen LogP contribution in [-0.2, 0) is 32.6 Å². The Morgan fingerprint density at radius 3 is 2.32 bits per heavy atom. The number of carbonyl (C=O) groups excluding carboxylic acids is 2. The first-order chi connectivity index (χ1) is 21.0. The van der Waals surface area contributed by atoms with Crippen LogP contribution in [0.15, 0.2) is 72.8 Å². The lowest BCUT2D eigenvalue weighted by Crippen LogP contribution is -2.51. The van der Waals surface area contributed by atoms with Crippen LogP contribution in [0.25, 0.3) is 0 Å². The molecule has 1 aliphatic rings. The van der Waals surface area contributed by atoms with Crippen molar-refractivity contribution in [2.45, 2.75) is 45.7 Å². The van der Waals surface area contributed by atoms with E-state index in [1.54, 1.807) is 35.2 Å². The summed E-state index contributed by atoms with van der Waals surface area (Å²) in [6, 6.07) is 21.0. The molecule has 0 aliphatic carbocycles. The molecule has 9 nitrogen and oxygen atoms in total. The molecule has 3 aromatic rings. The summed E-state index contributed by atoms with van der Waals surface area (Å²) in [5.41, 5.74) is 2.13. The third-order valence-electron chi connectivity index (χ3n) is 7.16. The average Bonchev–Trinajstić information content (AvgIpc) is 2.99. The Hall–Kier alpha value is -3.76. The smallest absolute Gasteiger partial charge is 0.243 e. The highest BCUT2D eigenvalue weighted by Crippen LogP contribution is 2.35. The van der Waals surface area contributed by atoms with E-state index in [9.17, 15) is 18.0 Å². The quantitative estimate of drug-likeness (QED) is 0.264. The van der Waals surface area contributed by atoms with Crippen LogP contribution in [-0.4, -0.2) is 63.7 Å². The van der Waals surface area contributed by atoms with Crippen LogP contribution in [0.3, 0.4) is 0 Å². The monoisotopic (exact) mass is 641 g/mol. The molecule has 0 spiro atoms. The van der Waals surface area contributed by atoms with E-state index in [0.29, 0.717) is 48.4 Å². The second-order valence-electron chi connectivity index (χ2n) is 11.3. The number of fused-ring (bicyclic) bond motifs is 1. The zero-order valence-electron chi connectivity index (χ0n) is 25.4. The lowest BCUT2D eigenvalue weighted by molar-refractivity contribution is -0.141. The molecule has 0 bridgehead atoms. The fraction of sp³-hybridized carbons (Fsp3) is 0.394. The third kappa shape index (κ3) is 9.37. The molecule has 0 fully saturated rings. The average molecular weight is 642 g/mol. The van der Waals surface area contributed by atoms with Gasteiger partial charge in [0.2, 0.25) is 21.8 Å². The minimum atomic E-state index is -3.67. The molecule has 3 aromatic carbocycles. The Balaban J connectivity index is 1.57. The van der Waals surface area contributed by atoms with Gasteiger partial charge in [-0.2, -0.15) is 0 Å². The summed E-state index contributed by atoms with van der Waals surface area (Å²) in [6.07, 6.45) is 1.72. The summed E-state index contributed by atoms with van der Waals surface area (Å²) in [4.78, 5) is 29.2. The van der Waals surface area contributed by atoms with Gasteiger partial charge in [0.25, 0.3) is 0 Å². The number of anilines is 1. The summed E-state index contributed by atoms with van der Waals surface area (Å²) in [5.74, 6) is 0.756. The highest BCUT2D eigenvalue weighted by Gasteiger charge is 2.31. The SMILES string of the molecule is CC(C)CNC(=O)[C@@H](Cc1ccccc1)N(Cc1cccc(Cl)c1)C(=O)CCCN(c1ccc2c(c1)OCCO2)S(C)(=O)=O. The maximum atomic E-state index is 14.0. The highest BCUT2D eigenvalue weighted by molar-refractivity contribution is 7.92. The Morgan fingerprint density at radius 1 is 0.932 bits per heavy atom. The van der Waals surface area contributed by atoms with Gasteiger partial charge in [0, 0.05) is 43.6 Å². The Morgan fingerprint density at radius 2 is 1.64 bits per heavy atom. The molecule has 1 atom stereocenters. The van der Waals surface area contributed by atoms with Crippen molar-refractivity contribution >= 4 is 39.1 Å². The predicted octanol–water partition coefficient (Wildman–Crippen LogP) is 5.07. The Kier molecular flexibility index (Phi) is 11.5. The van der Waals surface area contributed by atoms with Crippen LogP contribution >= 0.6 is 11.6 Å².